The molecule has 144 valence electrons. The van der Waals surface area contributed by atoms with Crippen LogP contribution in [0.25, 0.3) is 0 Å². The molecule has 7 heteroatoms. The van der Waals surface area contributed by atoms with Gasteiger partial charge in [-0.25, -0.2) is 9.97 Å². The van der Waals surface area contributed by atoms with Crippen LogP contribution in [-0.2, 0) is 6.42 Å². The van der Waals surface area contributed by atoms with E-state index in [0.717, 1.165) is 24.8 Å². The first-order valence-corrected chi connectivity index (χ1v) is 9.27. The molecule has 0 radical (unpaired) electrons. The zero-order valence-corrected chi connectivity index (χ0v) is 15.8. The Bertz CT molecular complexity index is 758. The van der Waals surface area contributed by atoms with Crippen molar-refractivity contribution < 1.29 is 14.3 Å². The molecule has 0 unspecified atom stereocenters. The number of carbonyl (C=O) groups is 1. The zero-order chi connectivity index (χ0) is 19.1. The second-order valence-electron chi connectivity index (χ2n) is 6.62. The standard InChI is InChI=1S/C20H26N4O3/c1-26-17-8-7-14(11-18(17)27-2)9-10-21-20-22-12-15(13-23-20)19(25)24-16-5-3-4-6-16/h7-8,11-13,16H,3-6,9-10H2,1-2H3,(H,24,25)(H,21,22,23). The van der Waals surface area contributed by atoms with Crippen molar-refractivity contribution in [3.8, 4) is 11.5 Å². The Morgan fingerprint density at radius 2 is 1.81 bits per heavy atom. The van der Waals surface area contributed by atoms with Crippen LogP contribution in [0.1, 0.15) is 41.6 Å². The minimum atomic E-state index is -0.0984. The number of ether oxygens (including phenoxy) is 2. The highest BCUT2D eigenvalue weighted by Crippen LogP contribution is 2.27. The van der Waals surface area contributed by atoms with E-state index in [9.17, 15) is 4.79 Å². The Labute approximate surface area is 159 Å². The number of benzene rings is 1. The minimum Gasteiger partial charge on any atom is -0.493 e. The molecule has 0 saturated heterocycles. The summed E-state index contributed by atoms with van der Waals surface area (Å²) in [4.78, 5) is 20.7. The molecule has 1 aromatic heterocycles. The molecule has 27 heavy (non-hydrogen) atoms. The summed E-state index contributed by atoms with van der Waals surface area (Å²) in [6.45, 7) is 0.670. The van der Waals surface area contributed by atoms with E-state index in [0.29, 0.717) is 29.6 Å². The highest BCUT2D eigenvalue weighted by Gasteiger charge is 2.18. The van der Waals surface area contributed by atoms with Crippen LogP contribution in [0.4, 0.5) is 5.95 Å². The molecule has 1 aromatic carbocycles. The number of amides is 1. The van der Waals surface area contributed by atoms with Crippen LogP contribution in [0.15, 0.2) is 30.6 Å². The Morgan fingerprint density at radius 3 is 2.48 bits per heavy atom. The van der Waals surface area contributed by atoms with Crippen LogP contribution in [0.3, 0.4) is 0 Å². The van der Waals surface area contributed by atoms with Gasteiger partial charge < -0.3 is 20.1 Å². The van der Waals surface area contributed by atoms with Gasteiger partial charge in [-0.15, -0.1) is 0 Å². The van der Waals surface area contributed by atoms with E-state index in [1.54, 1.807) is 26.6 Å². The molecule has 0 spiro atoms. The summed E-state index contributed by atoms with van der Waals surface area (Å²) < 4.78 is 10.6. The molecular formula is C20H26N4O3. The molecule has 1 aliphatic carbocycles. The molecule has 0 bridgehead atoms. The number of carbonyl (C=O) groups excluding carboxylic acids is 1. The van der Waals surface area contributed by atoms with Crippen molar-refractivity contribution in [1.29, 1.82) is 0 Å². The number of methoxy groups -OCH3 is 2. The lowest BCUT2D eigenvalue weighted by molar-refractivity contribution is 0.0937. The molecule has 1 aliphatic rings. The molecule has 1 fully saturated rings. The van der Waals surface area contributed by atoms with Gasteiger partial charge in [-0.1, -0.05) is 18.9 Å². The Hall–Kier alpha value is -2.83. The molecule has 3 rings (SSSR count). The quantitative estimate of drug-likeness (QED) is 0.743. The largest absolute Gasteiger partial charge is 0.493 e. The van der Waals surface area contributed by atoms with Gasteiger partial charge in [0.15, 0.2) is 11.5 Å². The summed E-state index contributed by atoms with van der Waals surface area (Å²) in [6.07, 6.45) is 8.40. The van der Waals surface area contributed by atoms with Crippen molar-refractivity contribution in [2.24, 2.45) is 0 Å². The van der Waals surface area contributed by atoms with Gasteiger partial charge in [0.05, 0.1) is 19.8 Å². The van der Waals surface area contributed by atoms with Crippen molar-refractivity contribution in [2.45, 2.75) is 38.1 Å². The van der Waals surface area contributed by atoms with Crippen LogP contribution in [0.2, 0.25) is 0 Å². The Balaban J connectivity index is 1.49. The molecule has 2 aromatic rings. The molecule has 1 amide bonds. The number of rotatable bonds is 8. The average molecular weight is 370 g/mol. The maximum atomic E-state index is 12.2. The van der Waals surface area contributed by atoms with Crippen molar-refractivity contribution in [3.63, 3.8) is 0 Å². The van der Waals surface area contributed by atoms with Crippen molar-refractivity contribution in [2.75, 3.05) is 26.1 Å². The van der Waals surface area contributed by atoms with E-state index in [1.807, 2.05) is 18.2 Å². The van der Waals surface area contributed by atoms with Gasteiger partial charge in [0, 0.05) is 25.0 Å². The topological polar surface area (TPSA) is 85.4 Å². The van der Waals surface area contributed by atoms with Crippen LogP contribution in [0.5, 0.6) is 11.5 Å². The Kier molecular flexibility index (Phi) is 6.46. The summed E-state index contributed by atoms with van der Waals surface area (Å²) in [6, 6.07) is 6.14. The number of anilines is 1. The van der Waals surface area contributed by atoms with E-state index in [2.05, 4.69) is 20.6 Å². The lowest BCUT2D eigenvalue weighted by Crippen LogP contribution is -2.32. The summed E-state index contributed by atoms with van der Waals surface area (Å²) in [7, 11) is 3.24. The van der Waals surface area contributed by atoms with Crippen LogP contribution < -0.4 is 20.1 Å². The first-order valence-electron chi connectivity index (χ1n) is 9.27. The van der Waals surface area contributed by atoms with Gasteiger partial charge in [-0.2, -0.15) is 0 Å². The maximum Gasteiger partial charge on any atom is 0.254 e. The number of nitrogens with one attached hydrogen (secondary N) is 2. The third-order valence-corrected chi connectivity index (χ3v) is 4.75. The fraction of sp³-hybridized carbons (Fsp3) is 0.450. The van der Waals surface area contributed by atoms with Crippen molar-refractivity contribution in [1.82, 2.24) is 15.3 Å². The fourth-order valence-electron chi connectivity index (χ4n) is 3.23. The van der Waals surface area contributed by atoms with E-state index >= 15 is 0 Å². The van der Waals surface area contributed by atoms with E-state index in [1.165, 1.54) is 12.8 Å². The van der Waals surface area contributed by atoms with Crippen LogP contribution in [-0.4, -0.2) is 42.7 Å². The maximum absolute atomic E-state index is 12.2. The van der Waals surface area contributed by atoms with Crippen LogP contribution >= 0.6 is 0 Å². The predicted molar refractivity (Wildman–Crippen MR) is 103 cm³/mol. The molecule has 2 N–H and O–H groups in total. The minimum absolute atomic E-state index is 0.0984. The van der Waals surface area contributed by atoms with E-state index < -0.39 is 0 Å². The lowest BCUT2D eigenvalue weighted by Gasteiger charge is -2.12. The predicted octanol–water partition coefficient (Wildman–Crippen LogP) is 2.82. The number of hydrogen-bond donors (Lipinski definition) is 2. The third-order valence-electron chi connectivity index (χ3n) is 4.75. The first-order chi connectivity index (χ1) is 13.2. The van der Waals surface area contributed by atoms with Gasteiger partial charge in [0.2, 0.25) is 5.95 Å². The Morgan fingerprint density at radius 1 is 1.11 bits per heavy atom. The molecule has 0 atom stereocenters. The number of aromatic nitrogens is 2. The smallest absolute Gasteiger partial charge is 0.254 e. The van der Waals surface area contributed by atoms with Gasteiger partial charge in [-0.05, 0) is 37.0 Å². The van der Waals surface area contributed by atoms with E-state index in [-0.39, 0.29) is 11.9 Å². The summed E-state index contributed by atoms with van der Waals surface area (Å²) >= 11 is 0. The normalized spacial score (nSPS) is 14.0. The number of hydrogen-bond acceptors (Lipinski definition) is 6. The molecular weight excluding hydrogens is 344 g/mol. The monoisotopic (exact) mass is 370 g/mol. The van der Waals surface area contributed by atoms with Gasteiger partial charge >= 0.3 is 0 Å². The van der Waals surface area contributed by atoms with Crippen molar-refractivity contribution in [3.05, 3.63) is 41.7 Å². The van der Waals surface area contributed by atoms with Gasteiger partial charge in [-0.3, -0.25) is 4.79 Å². The zero-order valence-electron chi connectivity index (χ0n) is 15.8. The second kappa shape index (κ2) is 9.21. The molecule has 7 nitrogen and oxygen atoms in total. The van der Waals surface area contributed by atoms with Crippen LogP contribution in [0, 0.1) is 0 Å². The lowest BCUT2D eigenvalue weighted by atomic mass is 10.1. The second-order valence-corrected chi connectivity index (χ2v) is 6.62. The van der Waals surface area contributed by atoms with Gasteiger partial charge in [0.1, 0.15) is 0 Å². The summed E-state index contributed by atoms with van der Waals surface area (Å²) in [5, 5.41) is 6.21. The van der Waals surface area contributed by atoms with E-state index in [4.69, 9.17) is 9.47 Å². The summed E-state index contributed by atoms with van der Waals surface area (Å²) in [5.41, 5.74) is 1.61. The highest BCUT2D eigenvalue weighted by atomic mass is 16.5. The third kappa shape index (κ3) is 5.09. The molecule has 0 aliphatic heterocycles. The molecule has 1 heterocycles. The highest BCUT2D eigenvalue weighted by molar-refractivity contribution is 5.93. The van der Waals surface area contributed by atoms with Gasteiger partial charge in [0.25, 0.3) is 5.91 Å². The average Bonchev–Trinajstić information content (AvgIpc) is 3.21. The van der Waals surface area contributed by atoms with Crippen molar-refractivity contribution >= 4 is 11.9 Å². The SMILES string of the molecule is COc1ccc(CCNc2ncc(C(=O)NC3CCCC3)cn2)cc1OC. The number of nitrogens with zero attached hydrogens (tertiary/aromatic N) is 2. The fourth-order valence-corrected chi connectivity index (χ4v) is 3.23. The summed E-state index contributed by atoms with van der Waals surface area (Å²) in [5.74, 6) is 1.83. The first kappa shape index (κ1) is 18.9. The molecule has 1 saturated carbocycles.